The molecule has 0 saturated carbocycles. The lowest BCUT2D eigenvalue weighted by atomic mass is 10.2. The Hall–Kier alpha value is -0.190. The highest BCUT2D eigenvalue weighted by atomic mass is 79.9. The Labute approximate surface area is 103 Å². The summed E-state index contributed by atoms with van der Waals surface area (Å²) in [7, 11) is 0. The van der Waals surface area contributed by atoms with Gasteiger partial charge in [-0.25, -0.2) is 0 Å². The van der Waals surface area contributed by atoms with Crippen molar-refractivity contribution in [1.29, 1.82) is 0 Å². The van der Waals surface area contributed by atoms with Gasteiger partial charge in [-0.3, -0.25) is 0 Å². The van der Waals surface area contributed by atoms with Crippen LogP contribution in [0, 0.1) is 0 Å². The number of para-hydroxylation sites is 1. The van der Waals surface area contributed by atoms with Crippen LogP contribution in [0.4, 0.5) is 0 Å². The van der Waals surface area contributed by atoms with Crippen molar-refractivity contribution >= 4 is 27.7 Å². The van der Waals surface area contributed by atoms with Crippen LogP contribution in [0.5, 0.6) is 5.75 Å². The quantitative estimate of drug-likeness (QED) is 0.897. The second-order valence-electron chi connectivity index (χ2n) is 3.69. The number of phenolic OH excluding ortho intramolecular Hbond substituents is 1. The fraction of sp³-hybridized carbons (Fsp3) is 0.455. The molecule has 1 aromatic carbocycles. The molecule has 0 bridgehead atoms. The van der Waals surface area contributed by atoms with Crippen LogP contribution in [-0.2, 0) is 6.54 Å². The lowest BCUT2D eigenvalue weighted by molar-refractivity contribution is 0.456. The van der Waals surface area contributed by atoms with Gasteiger partial charge in [0.15, 0.2) is 0 Å². The van der Waals surface area contributed by atoms with Gasteiger partial charge in [0.05, 0.1) is 4.47 Å². The number of nitrogens with one attached hydrogen (secondary N) is 1. The SMILES string of the molecule is Oc1c(Br)cccc1CNC1CCSC1. The zero-order valence-corrected chi connectivity index (χ0v) is 10.8. The molecule has 1 aliphatic rings. The van der Waals surface area contributed by atoms with Crippen LogP contribution in [0.15, 0.2) is 22.7 Å². The molecule has 4 heteroatoms. The number of hydrogen-bond acceptors (Lipinski definition) is 3. The summed E-state index contributed by atoms with van der Waals surface area (Å²) in [5, 5.41) is 13.2. The molecule has 1 aliphatic heterocycles. The molecule has 2 rings (SSSR count). The third kappa shape index (κ3) is 2.89. The Kier molecular flexibility index (Phi) is 3.94. The minimum atomic E-state index is 0.357. The third-order valence-corrected chi connectivity index (χ3v) is 4.38. The Morgan fingerprint density at radius 2 is 2.40 bits per heavy atom. The molecule has 1 aromatic rings. The van der Waals surface area contributed by atoms with Crippen molar-refractivity contribution in [2.45, 2.75) is 19.0 Å². The van der Waals surface area contributed by atoms with Gasteiger partial charge in [-0.1, -0.05) is 12.1 Å². The summed E-state index contributed by atoms with van der Waals surface area (Å²) in [6, 6.07) is 6.36. The first-order valence-corrected chi connectivity index (χ1v) is 6.99. The molecule has 1 fully saturated rings. The summed E-state index contributed by atoms with van der Waals surface area (Å²) >= 11 is 5.31. The molecule has 1 heterocycles. The van der Waals surface area contributed by atoms with Crippen LogP contribution in [0.25, 0.3) is 0 Å². The van der Waals surface area contributed by atoms with E-state index in [1.165, 1.54) is 17.9 Å². The van der Waals surface area contributed by atoms with E-state index in [9.17, 15) is 5.11 Å². The number of hydrogen-bond donors (Lipinski definition) is 2. The molecule has 2 N–H and O–H groups in total. The Balaban J connectivity index is 1.95. The molecular weight excluding hydrogens is 274 g/mol. The standard InChI is InChI=1S/C11H14BrNOS/c12-10-3-1-2-8(11(10)14)6-13-9-4-5-15-7-9/h1-3,9,13-14H,4-7H2. The highest BCUT2D eigenvalue weighted by Crippen LogP contribution is 2.27. The van der Waals surface area contributed by atoms with Gasteiger partial charge >= 0.3 is 0 Å². The molecule has 0 radical (unpaired) electrons. The van der Waals surface area contributed by atoms with Crippen LogP contribution < -0.4 is 5.32 Å². The van der Waals surface area contributed by atoms with Gasteiger partial charge in [0.25, 0.3) is 0 Å². The van der Waals surface area contributed by atoms with Crippen molar-refractivity contribution in [3.05, 3.63) is 28.2 Å². The molecule has 0 aliphatic carbocycles. The third-order valence-electron chi connectivity index (χ3n) is 2.58. The van der Waals surface area contributed by atoms with Crippen LogP contribution in [0.1, 0.15) is 12.0 Å². The zero-order valence-electron chi connectivity index (χ0n) is 8.37. The molecule has 0 aromatic heterocycles. The molecule has 1 saturated heterocycles. The van der Waals surface area contributed by atoms with Crippen molar-refractivity contribution in [2.24, 2.45) is 0 Å². The molecule has 15 heavy (non-hydrogen) atoms. The summed E-state index contributed by atoms with van der Waals surface area (Å²) in [6.45, 7) is 0.747. The van der Waals surface area contributed by atoms with Crippen LogP contribution >= 0.6 is 27.7 Å². The van der Waals surface area contributed by atoms with Gasteiger partial charge in [-0.15, -0.1) is 0 Å². The maximum Gasteiger partial charge on any atom is 0.134 e. The molecule has 0 amide bonds. The monoisotopic (exact) mass is 287 g/mol. The second-order valence-corrected chi connectivity index (χ2v) is 5.69. The maximum absolute atomic E-state index is 9.78. The first-order chi connectivity index (χ1) is 7.27. The van der Waals surface area contributed by atoms with E-state index in [1.807, 2.05) is 30.0 Å². The number of thioether (sulfide) groups is 1. The molecule has 2 nitrogen and oxygen atoms in total. The van der Waals surface area contributed by atoms with Gasteiger partial charge in [0.1, 0.15) is 5.75 Å². The van der Waals surface area contributed by atoms with E-state index in [4.69, 9.17) is 0 Å². The van der Waals surface area contributed by atoms with Gasteiger partial charge in [0, 0.05) is 23.9 Å². The molecule has 1 unspecified atom stereocenters. The first kappa shape index (κ1) is 11.3. The molecule has 1 atom stereocenters. The summed E-state index contributed by atoms with van der Waals surface area (Å²) in [4.78, 5) is 0. The second kappa shape index (κ2) is 5.23. The normalized spacial score (nSPS) is 20.7. The highest BCUT2D eigenvalue weighted by Gasteiger charge is 2.15. The summed E-state index contributed by atoms with van der Waals surface area (Å²) in [5.74, 6) is 2.80. The van der Waals surface area contributed by atoms with E-state index >= 15 is 0 Å². The Bertz CT molecular complexity index is 339. The number of benzene rings is 1. The first-order valence-electron chi connectivity index (χ1n) is 5.05. The van der Waals surface area contributed by atoms with E-state index in [0.29, 0.717) is 11.8 Å². The van der Waals surface area contributed by atoms with Gasteiger partial charge in [-0.05, 0) is 34.2 Å². The van der Waals surface area contributed by atoms with Gasteiger partial charge in [-0.2, -0.15) is 11.8 Å². The lowest BCUT2D eigenvalue weighted by Crippen LogP contribution is -2.27. The average molecular weight is 288 g/mol. The predicted molar refractivity (Wildman–Crippen MR) is 68.4 cm³/mol. The number of aromatic hydroxyl groups is 1. The Morgan fingerprint density at radius 3 is 3.13 bits per heavy atom. The van der Waals surface area contributed by atoms with Crippen molar-refractivity contribution in [3.8, 4) is 5.75 Å². The summed E-state index contributed by atoms with van der Waals surface area (Å²) in [5.41, 5.74) is 0.960. The smallest absolute Gasteiger partial charge is 0.134 e. The van der Waals surface area contributed by atoms with Gasteiger partial charge in [0.2, 0.25) is 0 Å². The van der Waals surface area contributed by atoms with Crippen molar-refractivity contribution in [2.75, 3.05) is 11.5 Å². The summed E-state index contributed by atoms with van der Waals surface area (Å²) in [6.07, 6.45) is 1.24. The van der Waals surface area contributed by atoms with E-state index in [1.54, 1.807) is 0 Å². The minimum absolute atomic E-state index is 0.357. The molecular formula is C11H14BrNOS. The maximum atomic E-state index is 9.78. The predicted octanol–water partition coefficient (Wildman–Crippen LogP) is 2.75. The molecule has 0 spiro atoms. The van der Waals surface area contributed by atoms with Crippen molar-refractivity contribution in [1.82, 2.24) is 5.32 Å². The topological polar surface area (TPSA) is 32.3 Å². The lowest BCUT2D eigenvalue weighted by Gasteiger charge is -2.12. The van der Waals surface area contributed by atoms with Crippen LogP contribution in [0.2, 0.25) is 0 Å². The number of phenols is 1. The van der Waals surface area contributed by atoms with Crippen LogP contribution in [0.3, 0.4) is 0 Å². The van der Waals surface area contributed by atoms with E-state index in [0.717, 1.165) is 16.6 Å². The van der Waals surface area contributed by atoms with E-state index < -0.39 is 0 Å². The largest absolute Gasteiger partial charge is 0.506 e. The summed E-state index contributed by atoms with van der Waals surface area (Å²) < 4.78 is 0.766. The van der Waals surface area contributed by atoms with Gasteiger partial charge < -0.3 is 10.4 Å². The van der Waals surface area contributed by atoms with E-state index in [-0.39, 0.29) is 0 Å². The minimum Gasteiger partial charge on any atom is -0.506 e. The van der Waals surface area contributed by atoms with E-state index in [2.05, 4.69) is 21.2 Å². The highest BCUT2D eigenvalue weighted by molar-refractivity contribution is 9.10. The number of halogens is 1. The fourth-order valence-corrected chi connectivity index (χ4v) is 3.25. The number of rotatable bonds is 3. The van der Waals surface area contributed by atoms with Crippen molar-refractivity contribution in [3.63, 3.8) is 0 Å². The van der Waals surface area contributed by atoms with Crippen LogP contribution in [-0.4, -0.2) is 22.7 Å². The fourth-order valence-electron chi connectivity index (χ4n) is 1.65. The average Bonchev–Trinajstić information content (AvgIpc) is 2.73. The Morgan fingerprint density at radius 1 is 1.53 bits per heavy atom. The zero-order chi connectivity index (χ0) is 10.7. The molecule has 82 valence electrons. The van der Waals surface area contributed by atoms with Crippen molar-refractivity contribution < 1.29 is 5.11 Å².